The number of pyridine rings is 1. The lowest BCUT2D eigenvalue weighted by molar-refractivity contribution is 0.952. The van der Waals surface area contributed by atoms with Gasteiger partial charge in [0.05, 0.1) is 11.0 Å². The standard InChI is InChI=1S/C37H30N4O/c1-25(39-35(38-2)26-14-5-3-6-15-26)27-16-13-19-29(24-27)40-33-23-12-11-22-32(33)34-30-20-9-10-21-31(30)37(42)41(36(34)40)28-17-7-4-8-18-28/h3-10,13-24H,11-12H2,1-2H3. The van der Waals surface area contributed by atoms with Gasteiger partial charge in [0.15, 0.2) is 5.84 Å². The Hall–Kier alpha value is -5.29. The first-order valence-corrected chi connectivity index (χ1v) is 14.3. The van der Waals surface area contributed by atoms with Crippen molar-refractivity contribution in [2.45, 2.75) is 19.8 Å². The van der Waals surface area contributed by atoms with Crippen molar-refractivity contribution in [1.82, 2.24) is 9.13 Å². The van der Waals surface area contributed by atoms with Crippen molar-refractivity contribution < 1.29 is 0 Å². The van der Waals surface area contributed by atoms with Crippen LogP contribution in [0.5, 0.6) is 0 Å². The molecule has 0 saturated carbocycles. The van der Waals surface area contributed by atoms with Crippen LogP contribution in [-0.2, 0) is 0 Å². The molecule has 1 aliphatic rings. The van der Waals surface area contributed by atoms with Crippen LogP contribution in [0.15, 0.2) is 124 Å². The number of amidine groups is 1. The molecule has 2 heterocycles. The van der Waals surface area contributed by atoms with Crippen LogP contribution >= 0.6 is 0 Å². The van der Waals surface area contributed by atoms with Gasteiger partial charge in [-0.25, -0.2) is 4.99 Å². The predicted molar refractivity (Wildman–Crippen MR) is 175 cm³/mol. The smallest absolute Gasteiger partial charge is 0.264 e. The quantitative estimate of drug-likeness (QED) is 0.193. The number of rotatable bonds is 4. The van der Waals surface area contributed by atoms with Crippen LogP contribution < -0.4 is 16.1 Å². The summed E-state index contributed by atoms with van der Waals surface area (Å²) < 4.78 is 4.13. The molecule has 0 atom stereocenters. The molecule has 0 unspecified atom stereocenters. The van der Waals surface area contributed by atoms with Gasteiger partial charge in [0.2, 0.25) is 0 Å². The van der Waals surface area contributed by atoms with Gasteiger partial charge in [-0.05, 0) is 61.0 Å². The summed E-state index contributed by atoms with van der Waals surface area (Å²) in [6.07, 6.45) is 6.54. The van der Waals surface area contributed by atoms with E-state index in [1.807, 2.05) is 90.4 Å². The monoisotopic (exact) mass is 546 g/mol. The van der Waals surface area contributed by atoms with Crippen molar-refractivity contribution in [3.63, 3.8) is 0 Å². The molecule has 0 radical (unpaired) electrons. The third kappa shape index (κ3) is 4.22. The van der Waals surface area contributed by atoms with E-state index in [9.17, 15) is 4.79 Å². The largest absolute Gasteiger partial charge is 0.295 e. The molecule has 5 heteroatoms. The molecule has 4 aromatic carbocycles. The van der Waals surface area contributed by atoms with E-state index in [4.69, 9.17) is 4.99 Å². The van der Waals surface area contributed by atoms with Crippen LogP contribution in [0.2, 0.25) is 0 Å². The zero-order valence-electron chi connectivity index (χ0n) is 23.7. The second-order valence-electron chi connectivity index (χ2n) is 10.5. The first-order valence-electron chi connectivity index (χ1n) is 14.3. The zero-order chi connectivity index (χ0) is 28.6. The Labute approximate surface area is 243 Å². The summed E-state index contributed by atoms with van der Waals surface area (Å²) >= 11 is 0. The number of nitrogens with zero attached hydrogens (tertiary/aromatic N) is 4. The second kappa shape index (κ2) is 10.6. The molecule has 2 aromatic heterocycles. The van der Waals surface area contributed by atoms with Crippen molar-refractivity contribution in [2.24, 2.45) is 9.98 Å². The topological polar surface area (TPSA) is 51.6 Å². The molecular weight excluding hydrogens is 516 g/mol. The minimum atomic E-state index is -0.0269. The number of para-hydroxylation sites is 1. The predicted octanol–water partition coefficient (Wildman–Crippen LogP) is 6.18. The molecule has 0 bridgehead atoms. The van der Waals surface area contributed by atoms with Crippen LogP contribution in [-0.4, -0.2) is 27.7 Å². The van der Waals surface area contributed by atoms with Crippen molar-refractivity contribution in [3.8, 4) is 11.4 Å². The van der Waals surface area contributed by atoms with Crippen LogP contribution in [0, 0.1) is 0 Å². The summed E-state index contributed by atoms with van der Waals surface area (Å²) in [6, 6.07) is 36.4. The fraction of sp³-hybridized carbons (Fsp3) is 0.108. The van der Waals surface area contributed by atoms with Gasteiger partial charge in [0.25, 0.3) is 5.56 Å². The summed E-state index contributed by atoms with van der Waals surface area (Å²) in [4.78, 5) is 23.6. The van der Waals surface area contributed by atoms with Crippen molar-refractivity contribution in [3.05, 3.63) is 141 Å². The van der Waals surface area contributed by atoms with E-state index in [1.165, 1.54) is 5.22 Å². The Bertz CT molecular complexity index is 2220. The molecule has 1 aliphatic carbocycles. The molecule has 7 rings (SSSR count). The first kappa shape index (κ1) is 25.7. The zero-order valence-corrected chi connectivity index (χ0v) is 23.7. The van der Waals surface area contributed by atoms with Crippen LogP contribution in [0.1, 0.15) is 30.9 Å². The van der Waals surface area contributed by atoms with Gasteiger partial charge < -0.3 is 0 Å². The Morgan fingerprint density at radius 2 is 1.33 bits per heavy atom. The number of benzene rings is 4. The average Bonchev–Trinajstić information content (AvgIpc) is 3.39. The van der Waals surface area contributed by atoms with E-state index in [0.29, 0.717) is 5.84 Å². The average molecular weight is 547 g/mol. The minimum absolute atomic E-state index is 0.0269. The van der Waals surface area contributed by atoms with E-state index in [0.717, 1.165) is 68.2 Å². The molecule has 0 saturated heterocycles. The van der Waals surface area contributed by atoms with Crippen LogP contribution in [0.4, 0.5) is 0 Å². The van der Waals surface area contributed by atoms with Gasteiger partial charge in [0.1, 0.15) is 5.65 Å². The normalized spacial score (nSPS) is 13.6. The lowest BCUT2D eigenvalue weighted by Crippen LogP contribution is -2.30. The van der Waals surface area contributed by atoms with Gasteiger partial charge in [-0.1, -0.05) is 91.0 Å². The molecular formula is C37H30N4O. The number of aromatic nitrogens is 2. The molecule has 5 nitrogen and oxygen atoms in total. The summed E-state index contributed by atoms with van der Waals surface area (Å²) in [7, 11) is 1.77. The number of hydrogen-bond acceptors (Lipinski definition) is 2. The molecule has 42 heavy (non-hydrogen) atoms. The highest BCUT2D eigenvalue weighted by molar-refractivity contribution is 6.12. The SMILES string of the molecule is CN=C(N=C(C)c1cccc(-n2c3c(c4c5ccccc5c(=O)n(-c5ccccc5)c42)=CCCC=3)c1)c1ccccc1. The third-order valence-electron chi connectivity index (χ3n) is 7.97. The molecule has 0 N–H and O–H groups in total. The molecule has 0 spiro atoms. The summed E-state index contributed by atoms with van der Waals surface area (Å²) in [5.41, 5.74) is 5.51. The maximum absolute atomic E-state index is 14.2. The van der Waals surface area contributed by atoms with E-state index >= 15 is 0 Å². The van der Waals surface area contributed by atoms with Crippen molar-refractivity contribution >= 4 is 45.5 Å². The van der Waals surface area contributed by atoms with E-state index in [1.54, 1.807) is 7.05 Å². The van der Waals surface area contributed by atoms with Crippen molar-refractivity contribution in [1.29, 1.82) is 0 Å². The Balaban J connectivity index is 1.54. The summed E-state index contributed by atoms with van der Waals surface area (Å²) in [5.74, 6) is 0.689. The highest BCUT2D eigenvalue weighted by Gasteiger charge is 2.21. The van der Waals surface area contributed by atoms with Crippen molar-refractivity contribution in [2.75, 3.05) is 7.05 Å². The number of aliphatic imine (C=N–C) groups is 2. The highest BCUT2D eigenvalue weighted by atomic mass is 16.1. The van der Waals surface area contributed by atoms with Crippen LogP contribution in [0.25, 0.3) is 45.3 Å². The lowest BCUT2D eigenvalue weighted by atomic mass is 10.1. The van der Waals surface area contributed by atoms with Gasteiger partial charge in [-0.15, -0.1) is 0 Å². The summed E-state index contributed by atoms with van der Waals surface area (Å²) in [6.45, 7) is 2.02. The van der Waals surface area contributed by atoms with E-state index in [2.05, 4.69) is 52.0 Å². The van der Waals surface area contributed by atoms with Gasteiger partial charge >= 0.3 is 0 Å². The van der Waals surface area contributed by atoms with Gasteiger partial charge in [-0.2, -0.15) is 0 Å². The molecule has 0 aliphatic heterocycles. The Kier molecular flexibility index (Phi) is 6.48. The number of fused-ring (bicyclic) bond motifs is 5. The lowest BCUT2D eigenvalue weighted by Gasteiger charge is -2.15. The first-order chi connectivity index (χ1) is 20.7. The van der Waals surface area contributed by atoms with E-state index in [-0.39, 0.29) is 5.56 Å². The maximum Gasteiger partial charge on any atom is 0.264 e. The Morgan fingerprint density at radius 3 is 2.10 bits per heavy atom. The third-order valence-corrected chi connectivity index (χ3v) is 7.97. The van der Waals surface area contributed by atoms with Gasteiger partial charge in [0, 0.05) is 40.0 Å². The molecule has 6 aromatic rings. The number of hydrogen-bond donors (Lipinski definition) is 0. The Morgan fingerprint density at radius 1 is 0.690 bits per heavy atom. The molecule has 0 fully saturated rings. The summed E-state index contributed by atoms with van der Waals surface area (Å²) in [5, 5.41) is 5.09. The van der Waals surface area contributed by atoms with E-state index < -0.39 is 0 Å². The molecule has 204 valence electrons. The highest BCUT2D eigenvalue weighted by Crippen LogP contribution is 2.26. The maximum atomic E-state index is 14.2. The fourth-order valence-electron chi connectivity index (χ4n) is 6.03. The fourth-order valence-corrected chi connectivity index (χ4v) is 6.03. The van der Waals surface area contributed by atoms with Gasteiger partial charge in [-0.3, -0.25) is 18.9 Å². The molecule has 0 amide bonds. The minimum Gasteiger partial charge on any atom is -0.295 e. The second-order valence-corrected chi connectivity index (χ2v) is 10.5. The van der Waals surface area contributed by atoms with Crippen LogP contribution in [0.3, 0.4) is 0 Å².